The van der Waals surface area contributed by atoms with E-state index in [2.05, 4.69) is 68.3 Å². The summed E-state index contributed by atoms with van der Waals surface area (Å²) in [5.41, 5.74) is 2.83. The molecular weight excluding hydrogens is 327 g/mol. The van der Waals surface area contributed by atoms with Gasteiger partial charge in [-0.1, -0.05) is 18.2 Å². The van der Waals surface area contributed by atoms with E-state index >= 15 is 0 Å². The summed E-state index contributed by atoms with van der Waals surface area (Å²) < 4.78 is 17.9. The van der Waals surface area contributed by atoms with Crippen LogP contribution in [0.1, 0.15) is 33.3 Å². The summed E-state index contributed by atoms with van der Waals surface area (Å²) in [5, 5.41) is 3.24. The molecule has 0 aromatic heterocycles. The number of nitrogens with zero attached hydrogens (tertiary/aromatic N) is 1. The van der Waals surface area contributed by atoms with Crippen LogP contribution in [0.5, 0.6) is 0 Å². The molecular formula is C20H31BN2O3. The van der Waals surface area contributed by atoms with Gasteiger partial charge in [-0.15, -0.1) is 0 Å². The molecule has 1 N–H and O–H groups in total. The predicted molar refractivity (Wildman–Crippen MR) is 107 cm³/mol. The first-order valence-electron chi connectivity index (χ1n) is 9.46. The molecule has 5 nitrogen and oxygen atoms in total. The van der Waals surface area contributed by atoms with Crippen LogP contribution >= 0.6 is 0 Å². The Balaban J connectivity index is 1.83. The Morgan fingerprint density at radius 2 is 1.81 bits per heavy atom. The van der Waals surface area contributed by atoms with Crippen LogP contribution in [0.25, 0.3) is 6.08 Å². The van der Waals surface area contributed by atoms with Gasteiger partial charge in [-0.3, -0.25) is 0 Å². The summed E-state index contributed by atoms with van der Waals surface area (Å²) in [4.78, 5) is 2.37. The molecule has 0 radical (unpaired) electrons. The SMILES string of the molecule is CNCC(=Cc1cccc(N2CCOCC2)c1)B1OC(C)(C)C(C)(C)O1. The molecule has 1 aromatic rings. The molecule has 3 rings (SSSR count). The average Bonchev–Trinajstić information content (AvgIpc) is 2.83. The van der Waals surface area contributed by atoms with Crippen LogP contribution in [-0.2, 0) is 14.0 Å². The minimum atomic E-state index is -0.334. The molecule has 0 unspecified atom stereocenters. The number of hydrogen-bond donors (Lipinski definition) is 1. The third-order valence-corrected chi connectivity index (χ3v) is 5.54. The normalized spacial score (nSPS) is 22.7. The highest BCUT2D eigenvalue weighted by atomic mass is 16.7. The van der Waals surface area contributed by atoms with Gasteiger partial charge in [0.15, 0.2) is 0 Å². The Kier molecular flexibility index (Phi) is 5.77. The van der Waals surface area contributed by atoms with Crippen LogP contribution in [0, 0.1) is 0 Å². The molecule has 6 heteroatoms. The highest BCUT2D eigenvalue weighted by Gasteiger charge is 2.52. The number of nitrogens with one attached hydrogen (secondary N) is 1. The van der Waals surface area contributed by atoms with E-state index in [0.29, 0.717) is 0 Å². The molecule has 0 atom stereocenters. The van der Waals surface area contributed by atoms with Gasteiger partial charge in [0.1, 0.15) is 0 Å². The summed E-state index contributed by atoms with van der Waals surface area (Å²) >= 11 is 0. The Labute approximate surface area is 157 Å². The Morgan fingerprint density at radius 1 is 1.15 bits per heavy atom. The highest BCUT2D eigenvalue weighted by molar-refractivity contribution is 6.55. The average molecular weight is 358 g/mol. The molecule has 0 aliphatic carbocycles. The number of morpholine rings is 1. The van der Waals surface area contributed by atoms with Gasteiger partial charge in [0.25, 0.3) is 0 Å². The van der Waals surface area contributed by atoms with E-state index in [1.54, 1.807) is 0 Å². The van der Waals surface area contributed by atoms with Crippen LogP contribution in [0.4, 0.5) is 5.69 Å². The van der Waals surface area contributed by atoms with Crippen molar-refractivity contribution in [3.8, 4) is 0 Å². The lowest BCUT2D eigenvalue weighted by molar-refractivity contribution is 0.00578. The number of anilines is 1. The summed E-state index contributed by atoms with van der Waals surface area (Å²) in [5.74, 6) is 0. The minimum absolute atomic E-state index is 0.333. The molecule has 0 amide bonds. The fraction of sp³-hybridized carbons (Fsp3) is 0.600. The van der Waals surface area contributed by atoms with E-state index in [1.807, 2.05) is 7.05 Å². The monoisotopic (exact) mass is 358 g/mol. The van der Waals surface area contributed by atoms with Crippen LogP contribution < -0.4 is 10.2 Å². The summed E-state index contributed by atoms with van der Waals surface area (Å²) in [6.07, 6.45) is 2.18. The summed E-state index contributed by atoms with van der Waals surface area (Å²) in [7, 11) is 1.61. The van der Waals surface area contributed by atoms with Crippen LogP contribution in [0.2, 0.25) is 0 Å². The van der Waals surface area contributed by atoms with Crippen molar-refractivity contribution in [1.29, 1.82) is 0 Å². The quantitative estimate of drug-likeness (QED) is 0.820. The number of hydrogen-bond acceptors (Lipinski definition) is 5. The molecule has 0 bridgehead atoms. The van der Waals surface area contributed by atoms with E-state index in [0.717, 1.165) is 43.9 Å². The van der Waals surface area contributed by atoms with Gasteiger partial charge in [-0.25, -0.2) is 0 Å². The first-order valence-corrected chi connectivity index (χ1v) is 9.46. The molecule has 2 aliphatic heterocycles. The fourth-order valence-electron chi connectivity index (χ4n) is 3.25. The van der Waals surface area contributed by atoms with Crippen molar-refractivity contribution < 1.29 is 14.0 Å². The number of rotatable bonds is 5. The fourth-order valence-corrected chi connectivity index (χ4v) is 3.25. The maximum atomic E-state index is 6.24. The maximum absolute atomic E-state index is 6.24. The molecule has 0 saturated carbocycles. The van der Waals surface area contributed by atoms with E-state index in [1.165, 1.54) is 5.69 Å². The Hall–Kier alpha value is -1.34. The molecule has 1 aromatic carbocycles. The van der Waals surface area contributed by atoms with Gasteiger partial charge < -0.3 is 24.3 Å². The molecule has 142 valence electrons. The van der Waals surface area contributed by atoms with Crippen molar-refractivity contribution in [3.63, 3.8) is 0 Å². The van der Waals surface area contributed by atoms with E-state index < -0.39 is 0 Å². The van der Waals surface area contributed by atoms with Crippen molar-refractivity contribution in [2.75, 3.05) is 44.8 Å². The lowest BCUT2D eigenvalue weighted by atomic mass is 9.77. The number of likely N-dealkylation sites (N-methyl/N-ethyl adjacent to an activating group) is 1. The maximum Gasteiger partial charge on any atom is 0.491 e. The van der Waals surface area contributed by atoms with Crippen molar-refractivity contribution in [1.82, 2.24) is 5.32 Å². The van der Waals surface area contributed by atoms with Crippen molar-refractivity contribution in [3.05, 3.63) is 35.3 Å². The van der Waals surface area contributed by atoms with Crippen molar-refractivity contribution >= 4 is 18.9 Å². The van der Waals surface area contributed by atoms with Crippen LogP contribution in [-0.4, -0.2) is 58.2 Å². The van der Waals surface area contributed by atoms with Gasteiger partial charge in [-0.05, 0) is 57.9 Å². The number of benzene rings is 1. The largest absolute Gasteiger partial charge is 0.491 e. The molecule has 2 fully saturated rings. The number of ether oxygens (including phenoxy) is 1. The summed E-state index contributed by atoms with van der Waals surface area (Å²) in [6.45, 7) is 12.5. The van der Waals surface area contributed by atoms with E-state index in [9.17, 15) is 0 Å². The Morgan fingerprint density at radius 3 is 2.42 bits per heavy atom. The van der Waals surface area contributed by atoms with Gasteiger partial charge in [0, 0.05) is 25.3 Å². The van der Waals surface area contributed by atoms with Crippen molar-refractivity contribution in [2.24, 2.45) is 0 Å². The van der Waals surface area contributed by atoms with Crippen LogP contribution in [0.15, 0.2) is 29.7 Å². The molecule has 2 heterocycles. The molecule has 2 saturated heterocycles. The lowest BCUT2D eigenvalue weighted by Crippen LogP contribution is -2.41. The lowest BCUT2D eigenvalue weighted by Gasteiger charge is -2.32. The molecule has 2 aliphatic rings. The van der Waals surface area contributed by atoms with E-state index in [4.69, 9.17) is 14.0 Å². The van der Waals surface area contributed by atoms with Gasteiger partial charge in [0.05, 0.1) is 24.4 Å². The highest BCUT2D eigenvalue weighted by Crippen LogP contribution is 2.38. The third kappa shape index (κ3) is 4.14. The molecule has 26 heavy (non-hydrogen) atoms. The second kappa shape index (κ2) is 7.73. The summed E-state index contributed by atoms with van der Waals surface area (Å²) in [6, 6.07) is 8.63. The second-order valence-corrected chi connectivity index (χ2v) is 8.03. The zero-order chi connectivity index (χ0) is 18.8. The topological polar surface area (TPSA) is 43.0 Å². The van der Waals surface area contributed by atoms with Crippen LogP contribution in [0.3, 0.4) is 0 Å². The predicted octanol–water partition coefficient (Wildman–Crippen LogP) is 2.76. The van der Waals surface area contributed by atoms with Crippen molar-refractivity contribution in [2.45, 2.75) is 38.9 Å². The molecule has 0 spiro atoms. The zero-order valence-corrected chi connectivity index (χ0v) is 16.7. The Bertz CT molecular complexity index is 638. The second-order valence-electron chi connectivity index (χ2n) is 8.03. The van der Waals surface area contributed by atoms with Gasteiger partial charge in [-0.2, -0.15) is 0 Å². The van der Waals surface area contributed by atoms with E-state index in [-0.39, 0.29) is 18.3 Å². The standard InChI is InChI=1S/C20H31BN2O3/c1-19(2)20(3,4)26-21(25-19)17(15-22-5)13-16-7-6-8-18(14-16)23-9-11-24-12-10-23/h6-8,13-14,22H,9-12,15H2,1-5H3. The van der Waals surface area contributed by atoms with Gasteiger partial charge in [0.2, 0.25) is 0 Å². The zero-order valence-electron chi connectivity index (χ0n) is 16.7. The smallest absolute Gasteiger partial charge is 0.400 e. The third-order valence-electron chi connectivity index (χ3n) is 5.54. The minimum Gasteiger partial charge on any atom is -0.400 e. The van der Waals surface area contributed by atoms with Gasteiger partial charge >= 0.3 is 7.12 Å². The first-order chi connectivity index (χ1) is 12.3. The first kappa shape index (κ1) is 19.4.